The van der Waals surface area contributed by atoms with Crippen molar-refractivity contribution in [3.63, 3.8) is 0 Å². The van der Waals surface area contributed by atoms with Gasteiger partial charge in [0.1, 0.15) is 13.2 Å². The van der Waals surface area contributed by atoms with E-state index in [4.69, 9.17) is 21.1 Å². The number of ether oxygens (including phenoxy) is 2. The van der Waals surface area contributed by atoms with E-state index < -0.39 is 0 Å². The van der Waals surface area contributed by atoms with Gasteiger partial charge in [-0.3, -0.25) is 4.79 Å². The summed E-state index contributed by atoms with van der Waals surface area (Å²) in [5, 5.41) is 4.27. The molecule has 2 heterocycles. The second kappa shape index (κ2) is 6.72. The van der Waals surface area contributed by atoms with Gasteiger partial charge in [-0.2, -0.15) is 0 Å². The second-order valence-electron chi connectivity index (χ2n) is 6.73. The molecular weight excluding hydrogens is 352 g/mol. The lowest BCUT2D eigenvalue weighted by Gasteiger charge is -2.40. The van der Waals surface area contributed by atoms with E-state index in [-0.39, 0.29) is 18.0 Å². The first-order valence-corrected chi connectivity index (χ1v) is 9.16. The first-order chi connectivity index (χ1) is 12.5. The van der Waals surface area contributed by atoms with Gasteiger partial charge in [0.05, 0.1) is 11.7 Å². The van der Waals surface area contributed by atoms with E-state index in [1.807, 2.05) is 41.3 Å². The predicted molar refractivity (Wildman–Crippen MR) is 102 cm³/mol. The third-order valence-electron chi connectivity index (χ3n) is 4.87. The van der Waals surface area contributed by atoms with Crippen LogP contribution in [0.2, 0.25) is 5.02 Å². The van der Waals surface area contributed by atoms with Crippen LogP contribution in [0.15, 0.2) is 36.4 Å². The quantitative estimate of drug-likeness (QED) is 0.848. The standard InChI is InChI=1S/C20H21ClN2O3/c1-12-9-17(22-15-5-3-14(21)4-6-15)16-10-19-20(26-8-7-25-19)11-18(16)23(12)13(2)24/h3-6,10-12,17,22H,7-9H2,1-2H3. The van der Waals surface area contributed by atoms with Gasteiger partial charge in [0.2, 0.25) is 5.91 Å². The van der Waals surface area contributed by atoms with Gasteiger partial charge in [0, 0.05) is 35.3 Å². The van der Waals surface area contributed by atoms with Crippen molar-refractivity contribution in [1.29, 1.82) is 0 Å². The first kappa shape index (κ1) is 17.0. The lowest BCUT2D eigenvalue weighted by Crippen LogP contribution is -2.43. The maximum absolute atomic E-state index is 12.3. The summed E-state index contributed by atoms with van der Waals surface area (Å²) in [6.07, 6.45) is 0.800. The molecule has 2 aliphatic heterocycles. The Bertz CT molecular complexity index is 838. The zero-order chi connectivity index (χ0) is 18.3. The van der Waals surface area contributed by atoms with Crippen molar-refractivity contribution < 1.29 is 14.3 Å². The van der Waals surface area contributed by atoms with Crippen LogP contribution in [-0.2, 0) is 4.79 Å². The van der Waals surface area contributed by atoms with Crippen LogP contribution in [-0.4, -0.2) is 25.2 Å². The average molecular weight is 373 g/mol. The third kappa shape index (κ3) is 3.07. The number of amides is 1. The van der Waals surface area contributed by atoms with Gasteiger partial charge in [0.25, 0.3) is 0 Å². The number of carbonyl (C=O) groups excluding carboxylic acids is 1. The molecule has 2 aliphatic rings. The van der Waals surface area contributed by atoms with Crippen LogP contribution in [0, 0.1) is 0 Å². The van der Waals surface area contributed by atoms with Crippen molar-refractivity contribution in [2.24, 2.45) is 0 Å². The molecule has 0 aromatic heterocycles. The lowest BCUT2D eigenvalue weighted by atomic mass is 9.90. The number of halogens is 1. The minimum absolute atomic E-state index is 0.0281. The van der Waals surface area contributed by atoms with E-state index in [0.29, 0.717) is 24.0 Å². The predicted octanol–water partition coefficient (Wildman–Crippen LogP) is 4.41. The molecule has 0 bridgehead atoms. The number of hydrogen-bond acceptors (Lipinski definition) is 4. The summed E-state index contributed by atoms with van der Waals surface area (Å²) in [5.41, 5.74) is 2.91. The van der Waals surface area contributed by atoms with E-state index in [2.05, 4.69) is 12.2 Å². The van der Waals surface area contributed by atoms with Crippen molar-refractivity contribution in [2.45, 2.75) is 32.4 Å². The summed E-state index contributed by atoms with van der Waals surface area (Å²) < 4.78 is 11.5. The number of hydrogen-bond donors (Lipinski definition) is 1. The Morgan fingerprint density at radius 1 is 1.15 bits per heavy atom. The van der Waals surface area contributed by atoms with Crippen LogP contribution in [0.4, 0.5) is 11.4 Å². The highest BCUT2D eigenvalue weighted by atomic mass is 35.5. The van der Waals surface area contributed by atoms with Crippen LogP contribution in [0.5, 0.6) is 11.5 Å². The molecule has 2 unspecified atom stereocenters. The van der Waals surface area contributed by atoms with Gasteiger partial charge in [-0.1, -0.05) is 11.6 Å². The number of fused-ring (bicyclic) bond motifs is 2. The molecule has 1 N–H and O–H groups in total. The highest BCUT2D eigenvalue weighted by Gasteiger charge is 2.34. The lowest BCUT2D eigenvalue weighted by molar-refractivity contribution is -0.117. The van der Waals surface area contributed by atoms with E-state index in [0.717, 1.165) is 29.1 Å². The molecule has 1 amide bonds. The molecule has 4 rings (SSSR count). The zero-order valence-corrected chi connectivity index (χ0v) is 15.5. The molecule has 26 heavy (non-hydrogen) atoms. The molecule has 0 spiro atoms. The fourth-order valence-corrected chi connectivity index (χ4v) is 3.88. The summed E-state index contributed by atoms with van der Waals surface area (Å²) in [4.78, 5) is 14.1. The zero-order valence-electron chi connectivity index (χ0n) is 14.8. The topological polar surface area (TPSA) is 50.8 Å². The Labute approximate surface area is 157 Å². The van der Waals surface area contributed by atoms with E-state index >= 15 is 0 Å². The van der Waals surface area contributed by atoms with Gasteiger partial charge >= 0.3 is 0 Å². The van der Waals surface area contributed by atoms with Gasteiger partial charge in [0.15, 0.2) is 11.5 Å². The Morgan fingerprint density at radius 3 is 2.46 bits per heavy atom. The van der Waals surface area contributed by atoms with Crippen molar-refractivity contribution in [1.82, 2.24) is 0 Å². The molecule has 0 aliphatic carbocycles. The maximum atomic E-state index is 12.3. The minimum Gasteiger partial charge on any atom is -0.486 e. The number of benzene rings is 2. The largest absolute Gasteiger partial charge is 0.486 e. The highest BCUT2D eigenvalue weighted by Crippen LogP contribution is 2.45. The van der Waals surface area contributed by atoms with Crippen molar-refractivity contribution in [3.05, 3.63) is 47.0 Å². The van der Waals surface area contributed by atoms with Crippen LogP contribution < -0.4 is 19.7 Å². The van der Waals surface area contributed by atoms with Crippen LogP contribution >= 0.6 is 11.6 Å². The molecule has 0 saturated carbocycles. The summed E-state index contributed by atoms with van der Waals surface area (Å²) in [5.74, 6) is 1.46. The third-order valence-corrected chi connectivity index (χ3v) is 5.12. The maximum Gasteiger partial charge on any atom is 0.224 e. The van der Waals surface area contributed by atoms with Crippen molar-refractivity contribution >= 4 is 28.9 Å². The summed E-state index contributed by atoms with van der Waals surface area (Å²) in [7, 11) is 0. The van der Waals surface area contributed by atoms with Crippen LogP contribution in [0.25, 0.3) is 0 Å². The number of anilines is 2. The van der Waals surface area contributed by atoms with Gasteiger partial charge < -0.3 is 19.7 Å². The Kier molecular flexibility index (Phi) is 4.41. The fourth-order valence-electron chi connectivity index (χ4n) is 3.76. The molecule has 0 radical (unpaired) electrons. The average Bonchev–Trinajstić information content (AvgIpc) is 2.62. The van der Waals surface area contributed by atoms with Gasteiger partial charge in [-0.05, 0) is 43.7 Å². The molecule has 2 atom stereocenters. The number of rotatable bonds is 2. The molecule has 2 aromatic carbocycles. The number of nitrogens with zero attached hydrogens (tertiary/aromatic N) is 1. The van der Waals surface area contributed by atoms with Crippen molar-refractivity contribution in [3.8, 4) is 11.5 Å². The smallest absolute Gasteiger partial charge is 0.224 e. The van der Waals surface area contributed by atoms with E-state index in [1.54, 1.807) is 6.92 Å². The van der Waals surface area contributed by atoms with Crippen LogP contribution in [0.3, 0.4) is 0 Å². The minimum atomic E-state index is 0.0281. The highest BCUT2D eigenvalue weighted by molar-refractivity contribution is 6.30. The Hall–Kier alpha value is -2.40. The molecular formula is C20H21ClN2O3. The molecule has 136 valence electrons. The van der Waals surface area contributed by atoms with E-state index in [9.17, 15) is 4.79 Å². The molecule has 2 aromatic rings. The van der Waals surface area contributed by atoms with Gasteiger partial charge in [-0.15, -0.1) is 0 Å². The molecule has 6 heteroatoms. The SMILES string of the molecule is CC(=O)N1c2cc3c(cc2C(Nc2ccc(Cl)cc2)CC1C)OCCO3. The van der Waals surface area contributed by atoms with Crippen molar-refractivity contribution in [2.75, 3.05) is 23.4 Å². The monoisotopic (exact) mass is 372 g/mol. The summed E-state index contributed by atoms with van der Waals surface area (Å²) >= 11 is 5.99. The van der Waals surface area contributed by atoms with Gasteiger partial charge in [-0.25, -0.2) is 0 Å². The molecule has 0 fully saturated rings. The van der Waals surface area contributed by atoms with Crippen LogP contribution in [0.1, 0.15) is 31.9 Å². The normalized spacial score (nSPS) is 21.1. The number of nitrogens with one attached hydrogen (secondary N) is 1. The molecule has 0 saturated heterocycles. The Balaban J connectivity index is 1.76. The number of carbonyl (C=O) groups is 1. The van der Waals surface area contributed by atoms with E-state index in [1.165, 1.54) is 0 Å². The summed E-state index contributed by atoms with van der Waals surface area (Å²) in [6.45, 7) is 4.73. The summed E-state index contributed by atoms with van der Waals surface area (Å²) in [6, 6.07) is 11.7. The first-order valence-electron chi connectivity index (χ1n) is 8.78. The fraction of sp³-hybridized carbons (Fsp3) is 0.350. The Morgan fingerprint density at radius 2 is 1.81 bits per heavy atom. The second-order valence-corrected chi connectivity index (χ2v) is 7.17. The molecule has 5 nitrogen and oxygen atoms in total.